The van der Waals surface area contributed by atoms with Crippen LogP contribution in [0.3, 0.4) is 0 Å². The number of hydrogen-bond acceptors (Lipinski definition) is 0. The van der Waals surface area contributed by atoms with Gasteiger partial charge in [-0.25, -0.2) is 4.39 Å². The summed E-state index contributed by atoms with van der Waals surface area (Å²) in [6.45, 7) is 0. The molecular weight excluding hydrogens is 1380 g/mol. The van der Waals surface area contributed by atoms with Crippen LogP contribution in [0.25, 0.3) is 116 Å². The topological polar surface area (TPSA) is 14.8 Å². The molecule has 1 aliphatic rings. The van der Waals surface area contributed by atoms with Crippen LogP contribution in [0.4, 0.5) is 4.39 Å². The van der Waals surface area contributed by atoms with Gasteiger partial charge in [0.2, 0.25) is 0 Å². The quantitative estimate of drug-likeness (QED) is 0.153. The van der Waals surface area contributed by atoms with Crippen LogP contribution in [0, 0.1) is 5.82 Å². The Morgan fingerprint density at radius 1 is 0.268 bits per heavy atom. The first-order valence-electron chi connectivity index (χ1n) is 26.7. The summed E-state index contributed by atoms with van der Waals surface area (Å²) in [7, 11) is 0. The number of para-hydroxylation sites is 5. The molecule has 3 nitrogen and oxygen atoms in total. The minimum atomic E-state index is -0.240. The molecule has 15 aromatic rings. The molecule has 0 aliphatic heterocycles. The summed E-state index contributed by atoms with van der Waals surface area (Å²) in [5, 5.41) is 7.61. The molecule has 0 N–H and O–H groups in total. The largest absolute Gasteiger partial charge is 0.309 e. The van der Waals surface area contributed by atoms with Gasteiger partial charge in [0.1, 0.15) is 5.82 Å². The summed E-state index contributed by atoms with van der Waals surface area (Å²) in [6.07, 6.45) is 1.04. The average molecular weight is 1430 g/mol. The van der Waals surface area contributed by atoms with Crippen molar-refractivity contribution in [1.82, 2.24) is 13.7 Å². The SMILES string of the molecule is Brc1cc(Br)cc(-n2c3ccccc3c3cc(-c4ccc5c(c4)c4ccccc4n5-c4ccccc4)ccc32)c1.Fc1cc(Br)cc(Br)c1.I.c1ccc(-n2c3ccccc3c3cc(-c4ccc5c(c4)-c4ccccc4C5)ccc32)cc1. The molecule has 0 fully saturated rings. The number of benzene rings is 12. The summed E-state index contributed by atoms with van der Waals surface area (Å²) in [6, 6.07) is 94.7. The molecule has 1 aliphatic carbocycles. The number of aromatic nitrogens is 3. The van der Waals surface area contributed by atoms with E-state index >= 15 is 0 Å². The highest BCUT2D eigenvalue weighted by atomic mass is 127. The van der Waals surface area contributed by atoms with Gasteiger partial charge in [-0.1, -0.05) is 209 Å². The van der Waals surface area contributed by atoms with E-state index in [1.165, 1.54) is 133 Å². The molecule has 12 aromatic carbocycles. The fourth-order valence-corrected chi connectivity index (χ4v) is 14.4. The first kappa shape index (κ1) is 53.9. The fraction of sp³-hybridized carbons (Fsp3) is 0.0137. The van der Waals surface area contributed by atoms with Gasteiger partial charge in [-0.3, -0.25) is 0 Å². The van der Waals surface area contributed by atoms with Gasteiger partial charge in [0, 0.05) is 67.3 Å². The van der Waals surface area contributed by atoms with Crippen molar-refractivity contribution in [2.24, 2.45) is 0 Å². The van der Waals surface area contributed by atoms with Crippen molar-refractivity contribution in [2.75, 3.05) is 0 Å². The number of hydrogen-bond donors (Lipinski definition) is 0. The Morgan fingerprint density at radius 3 is 1.06 bits per heavy atom. The summed E-state index contributed by atoms with van der Waals surface area (Å²) >= 11 is 13.6. The van der Waals surface area contributed by atoms with Gasteiger partial charge < -0.3 is 13.7 Å². The molecule has 3 heterocycles. The van der Waals surface area contributed by atoms with E-state index in [9.17, 15) is 4.39 Å². The average Bonchev–Trinajstić information content (AvgIpc) is 4.20. The van der Waals surface area contributed by atoms with Crippen LogP contribution in [0.5, 0.6) is 0 Å². The third-order valence-electron chi connectivity index (χ3n) is 15.4. The van der Waals surface area contributed by atoms with Crippen molar-refractivity contribution in [1.29, 1.82) is 0 Å². The Morgan fingerprint density at radius 2 is 0.610 bits per heavy atom. The molecule has 0 saturated heterocycles. The van der Waals surface area contributed by atoms with E-state index in [0.29, 0.717) is 0 Å². The van der Waals surface area contributed by atoms with Crippen LogP contribution < -0.4 is 0 Å². The van der Waals surface area contributed by atoms with E-state index < -0.39 is 0 Å². The van der Waals surface area contributed by atoms with Crippen molar-refractivity contribution < 1.29 is 4.39 Å². The Bertz CT molecular complexity index is 4860. The van der Waals surface area contributed by atoms with E-state index in [-0.39, 0.29) is 29.8 Å². The third kappa shape index (κ3) is 10.0. The zero-order chi connectivity index (χ0) is 54.7. The van der Waals surface area contributed by atoms with E-state index in [2.05, 4.69) is 326 Å². The molecule has 16 rings (SSSR count). The van der Waals surface area contributed by atoms with Gasteiger partial charge in [0.15, 0.2) is 0 Å². The van der Waals surface area contributed by atoms with Crippen molar-refractivity contribution in [3.05, 3.63) is 302 Å². The molecule has 0 spiro atoms. The summed E-state index contributed by atoms with van der Waals surface area (Å²) in [5.74, 6) is -0.240. The molecule has 0 atom stereocenters. The second-order valence-electron chi connectivity index (χ2n) is 20.3. The molecule has 9 heteroatoms. The molecule has 3 aromatic heterocycles. The van der Waals surface area contributed by atoms with E-state index in [4.69, 9.17) is 0 Å². The standard InChI is InChI=1S/C36H22Br2N2.C31H21N.C6H3Br2F.HI/c37-25-20-26(38)22-28(21-25)40-34-13-7-5-11-30(34)32-19-24(15-17-36(32)40)23-14-16-35-31(18-23)29-10-4-6-12-33(29)39(35)27-8-2-1-3-9-27;1-2-9-25(10-3-1)32-30-13-7-6-12-27(30)29-20-22(16-17-31(29)32)21-14-15-24-18-23-8-4-5-11-26(23)28(24)19-21;7-4-1-5(8)3-6(9)2-4;/h1-22H;1-17,19-20H,18H2;1-3H;1H. The van der Waals surface area contributed by atoms with Crippen molar-refractivity contribution >= 4 is 153 Å². The lowest BCUT2D eigenvalue weighted by atomic mass is 9.97. The van der Waals surface area contributed by atoms with Gasteiger partial charge in [-0.2, -0.15) is 0 Å². The second kappa shape index (κ2) is 22.8. The minimum absolute atomic E-state index is 0. The highest BCUT2D eigenvalue weighted by Crippen LogP contribution is 2.42. The highest BCUT2D eigenvalue weighted by molar-refractivity contribution is 14.0. The first-order valence-corrected chi connectivity index (χ1v) is 29.9. The van der Waals surface area contributed by atoms with E-state index in [0.717, 1.165) is 30.0 Å². The first-order chi connectivity index (χ1) is 39.7. The number of nitrogens with zero attached hydrogens (tertiary/aromatic N) is 3. The molecule has 0 unspecified atom stereocenters. The van der Waals surface area contributed by atoms with Gasteiger partial charge in [-0.05, 0) is 172 Å². The minimum Gasteiger partial charge on any atom is -0.309 e. The number of halogens is 6. The van der Waals surface area contributed by atoms with Crippen molar-refractivity contribution in [3.8, 4) is 50.4 Å². The lowest BCUT2D eigenvalue weighted by Gasteiger charge is -2.10. The summed E-state index contributed by atoms with van der Waals surface area (Å²) in [5.41, 5.74) is 21.4. The molecular formula is C73H47Br4FIN3. The zero-order valence-corrected chi connectivity index (χ0v) is 52.4. The van der Waals surface area contributed by atoms with Gasteiger partial charge >= 0.3 is 0 Å². The fourth-order valence-electron chi connectivity index (χ4n) is 11.9. The third-order valence-corrected chi connectivity index (χ3v) is 17.3. The predicted octanol–water partition coefficient (Wildman–Crippen LogP) is 23.1. The number of fused-ring (bicyclic) bond motifs is 12. The lowest BCUT2D eigenvalue weighted by Crippen LogP contribution is -1.94. The molecule has 0 amide bonds. The van der Waals surface area contributed by atoms with E-state index in [1.807, 2.05) is 0 Å². The molecule has 82 heavy (non-hydrogen) atoms. The van der Waals surface area contributed by atoms with Crippen LogP contribution >= 0.6 is 87.7 Å². The van der Waals surface area contributed by atoms with Gasteiger partial charge in [-0.15, -0.1) is 24.0 Å². The molecule has 0 radical (unpaired) electrons. The lowest BCUT2D eigenvalue weighted by molar-refractivity contribution is 0.626. The summed E-state index contributed by atoms with van der Waals surface area (Å²) in [4.78, 5) is 0. The maximum Gasteiger partial charge on any atom is 0.125 e. The van der Waals surface area contributed by atoms with Crippen molar-refractivity contribution in [3.63, 3.8) is 0 Å². The van der Waals surface area contributed by atoms with Crippen LogP contribution in [0.15, 0.2) is 285 Å². The van der Waals surface area contributed by atoms with Crippen LogP contribution in [0.1, 0.15) is 11.1 Å². The zero-order valence-electron chi connectivity index (χ0n) is 43.8. The Balaban J connectivity index is 0.000000134. The smallest absolute Gasteiger partial charge is 0.125 e. The highest BCUT2D eigenvalue weighted by Gasteiger charge is 2.20. The van der Waals surface area contributed by atoms with Crippen LogP contribution in [-0.2, 0) is 6.42 Å². The van der Waals surface area contributed by atoms with Crippen LogP contribution in [0.2, 0.25) is 0 Å². The molecule has 0 bridgehead atoms. The maximum absolute atomic E-state index is 12.4. The Labute approximate surface area is 524 Å². The van der Waals surface area contributed by atoms with Crippen LogP contribution in [-0.4, -0.2) is 13.7 Å². The van der Waals surface area contributed by atoms with Crippen molar-refractivity contribution in [2.45, 2.75) is 6.42 Å². The monoisotopic (exact) mass is 1430 g/mol. The predicted molar refractivity (Wildman–Crippen MR) is 368 cm³/mol. The molecule has 0 saturated carbocycles. The Hall–Kier alpha value is -7.38. The van der Waals surface area contributed by atoms with E-state index in [1.54, 1.807) is 6.07 Å². The normalized spacial score (nSPS) is 11.6. The van der Waals surface area contributed by atoms with Gasteiger partial charge in [0.05, 0.1) is 33.1 Å². The second-order valence-corrected chi connectivity index (χ2v) is 24.0. The number of rotatable bonds is 5. The Kier molecular flexibility index (Phi) is 15.0. The van der Waals surface area contributed by atoms with Gasteiger partial charge in [0.25, 0.3) is 0 Å². The summed E-state index contributed by atoms with van der Waals surface area (Å²) < 4.78 is 23.0. The molecule has 396 valence electrons. The maximum atomic E-state index is 12.4.